The van der Waals surface area contributed by atoms with E-state index in [2.05, 4.69) is 5.32 Å². The summed E-state index contributed by atoms with van der Waals surface area (Å²) >= 11 is 1.62. The molecule has 2 aliphatic heterocycles. The summed E-state index contributed by atoms with van der Waals surface area (Å²) in [5.41, 5.74) is 0. The van der Waals surface area contributed by atoms with Gasteiger partial charge in [0.2, 0.25) is 5.91 Å². The maximum Gasteiger partial charge on any atom is 0.228 e. The quantitative estimate of drug-likeness (QED) is 0.813. The van der Waals surface area contributed by atoms with E-state index in [1.165, 1.54) is 0 Å². The highest BCUT2D eigenvalue weighted by Gasteiger charge is 2.38. The van der Waals surface area contributed by atoms with Gasteiger partial charge in [0.05, 0.1) is 5.92 Å². The SMILES string of the molecule is CCS(=O)(=O)C1CSCCN1C(=O)[C@@H]1CCCNC1. The minimum atomic E-state index is -3.19. The van der Waals surface area contributed by atoms with Crippen molar-refractivity contribution in [1.29, 1.82) is 0 Å². The van der Waals surface area contributed by atoms with Crippen LogP contribution in [0.3, 0.4) is 0 Å². The van der Waals surface area contributed by atoms with E-state index in [-0.39, 0.29) is 17.6 Å². The lowest BCUT2D eigenvalue weighted by Crippen LogP contribution is -2.54. The van der Waals surface area contributed by atoms with Gasteiger partial charge in [0.15, 0.2) is 9.84 Å². The molecule has 2 fully saturated rings. The summed E-state index contributed by atoms with van der Waals surface area (Å²) in [6, 6.07) is 0. The molecule has 0 bridgehead atoms. The third kappa shape index (κ3) is 3.44. The predicted octanol–water partition coefficient (Wildman–Crippen LogP) is 0.322. The minimum Gasteiger partial charge on any atom is -0.324 e. The average Bonchev–Trinajstić information content (AvgIpc) is 2.47. The van der Waals surface area contributed by atoms with Crippen LogP contribution in [0.25, 0.3) is 0 Å². The Bertz CT molecular complexity index is 419. The Balaban J connectivity index is 2.12. The lowest BCUT2D eigenvalue weighted by molar-refractivity contribution is -0.136. The zero-order valence-corrected chi connectivity index (χ0v) is 12.9. The highest BCUT2D eigenvalue weighted by Crippen LogP contribution is 2.24. The van der Waals surface area contributed by atoms with Crippen molar-refractivity contribution >= 4 is 27.5 Å². The van der Waals surface area contributed by atoms with Gasteiger partial charge in [0.25, 0.3) is 0 Å². The summed E-state index contributed by atoms with van der Waals surface area (Å²) in [7, 11) is -3.19. The monoisotopic (exact) mass is 306 g/mol. The number of amides is 1. The maximum atomic E-state index is 12.5. The Labute approximate surface area is 119 Å². The van der Waals surface area contributed by atoms with E-state index in [0.29, 0.717) is 18.8 Å². The van der Waals surface area contributed by atoms with Gasteiger partial charge in [0, 0.05) is 30.3 Å². The van der Waals surface area contributed by atoms with Crippen LogP contribution in [0.2, 0.25) is 0 Å². The third-order valence-corrected chi connectivity index (χ3v) is 7.12. The van der Waals surface area contributed by atoms with Gasteiger partial charge in [0.1, 0.15) is 5.37 Å². The van der Waals surface area contributed by atoms with Crippen molar-refractivity contribution in [2.24, 2.45) is 5.92 Å². The molecule has 110 valence electrons. The normalized spacial score (nSPS) is 29.2. The molecule has 2 saturated heterocycles. The van der Waals surface area contributed by atoms with Crippen molar-refractivity contribution < 1.29 is 13.2 Å². The van der Waals surface area contributed by atoms with Crippen molar-refractivity contribution in [3.63, 3.8) is 0 Å². The molecule has 0 aromatic rings. The maximum absolute atomic E-state index is 12.5. The van der Waals surface area contributed by atoms with E-state index in [9.17, 15) is 13.2 Å². The molecule has 0 aromatic heterocycles. The summed E-state index contributed by atoms with van der Waals surface area (Å²) in [4.78, 5) is 14.2. The molecular formula is C12H22N2O3S2. The Morgan fingerprint density at radius 3 is 2.89 bits per heavy atom. The van der Waals surface area contributed by atoms with Crippen molar-refractivity contribution in [2.75, 3.05) is 36.9 Å². The number of sulfone groups is 1. The van der Waals surface area contributed by atoms with E-state index in [1.54, 1.807) is 23.6 Å². The number of nitrogens with one attached hydrogen (secondary N) is 1. The third-order valence-electron chi connectivity index (χ3n) is 3.83. The second-order valence-corrected chi connectivity index (χ2v) is 8.65. The number of rotatable bonds is 3. The van der Waals surface area contributed by atoms with Crippen LogP contribution in [0.4, 0.5) is 0 Å². The molecule has 0 saturated carbocycles. The first kappa shape index (κ1) is 15.1. The fourth-order valence-corrected chi connectivity index (χ4v) is 5.59. The number of nitrogens with zero attached hydrogens (tertiary/aromatic N) is 1. The van der Waals surface area contributed by atoms with Gasteiger partial charge in [-0.15, -0.1) is 0 Å². The first-order valence-electron chi connectivity index (χ1n) is 6.86. The molecule has 2 aliphatic rings. The number of thioether (sulfide) groups is 1. The van der Waals surface area contributed by atoms with Crippen LogP contribution in [0, 0.1) is 5.92 Å². The van der Waals surface area contributed by atoms with Crippen LogP contribution in [0.15, 0.2) is 0 Å². The molecule has 2 rings (SSSR count). The molecule has 2 heterocycles. The molecule has 19 heavy (non-hydrogen) atoms. The minimum absolute atomic E-state index is 0.0227. The van der Waals surface area contributed by atoms with Gasteiger partial charge in [-0.1, -0.05) is 6.92 Å². The number of hydrogen-bond acceptors (Lipinski definition) is 5. The van der Waals surface area contributed by atoms with E-state index in [4.69, 9.17) is 0 Å². The molecule has 7 heteroatoms. The van der Waals surface area contributed by atoms with Crippen LogP contribution in [-0.2, 0) is 14.6 Å². The molecule has 1 unspecified atom stereocenters. The lowest BCUT2D eigenvalue weighted by Gasteiger charge is -2.37. The topological polar surface area (TPSA) is 66.5 Å². The molecule has 2 atom stereocenters. The van der Waals surface area contributed by atoms with Crippen molar-refractivity contribution in [3.05, 3.63) is 0 Å². The number of carbonyl (C=O) groups is 1. The Kier molecular flexibility index (Phi) is 5.14. The van der Waals surface area contributed by atoms with Crippen LogP contribution >= 0.6 is 11.8 Å². The Morgan fingerprint density at radius 2 is 2.26 bits per heavy atom. The van der Waals surface area contributed by atoms with E-state index >= 15 is 0 Å². The molecule has 0 aromatic carbocycles. The molecule has 5 nitrogen and oxygen atoms in total. The molecule has 1 amide bonds. The average molecular weight is 306 g/mol. The Hall–Kier alpha value is -0.270. The van der Waals surface area contributed by atoms with Gasteiger partial charge < -0.3 is 10.2 Å². The first-order chi connectivity index (χ1) is 9.06. The molecular weight excluding hydrogens is 284 g/mol. The van der Waals surface area contributed by atoms with Crippen LogP contribution in [0.1, 0.15) is 19.8 Å². The van der Waals surface area contributed by atoms with E-state index < -0.39 is 15.2 Å². The summed E-state index contributed by atoms with van der Waals surface area (Å²) in [5, 5.41) is 2.60. The van der Waals surface area contributed by atoms with Gasteiger partial charge in [-0.3, -0.25) is 4.79 Å². The zero-order chi connectivity index (χ0) is 13.9. The van der Waals surface area contributed by atoms with Gasteiger partial charge in [-0.2, -0.15) is 11.8 Å². The molecule has 1 N–H and O–H groups in total. The van der Waals surface area contributed by atoms with Crippen LogP contribution in [0.5, 0.6) is 0 Å². The van der Waals surface area contributed by atoms with Gasteiger partial charge in [-0.05, 0) is 19.4 Å². The smallest absolute Gasteiger partial charge is 0.228 e. The van der Waals surface area contributed by atoms with E-state index in [0.717, 1.165) is 25.1 Å². The van der Waals surface area contributed by atoms with Gasteiger partial charge in [-0.25, -0.2) is 8.42 Å². The van der Waals surface area contributed by atoms with Crippen molar-refractivity contribution in [2.45, 2.75) is 25.1 Å². The zero-order valence-electron chi connectivity index (χ0n) is 11.3. The summed E-state index contributed by atoms with van der Waals surface area (Å²) in [5.74, 6) is 1.43. The van der Waals surface area contributed by atoms with Crippen LogP contribution in [-0.4, -0.2) is 61.5 Å². The van der Waals surface area contributed by atoms with Gasteiger partial charge >= 0.3 is 0 Å². The van der Waals surface area contributed by atoms with E-state index in [1.807, 2.05) is 0 Å². The predicted molar refractivity (Wildman–Crippen MR) is 77.9 cm³/mol. The van der Waals surface area contributed by atoms with Crippen LogP contribution < -0.4 is 5.32 Å². The largest absolute Gasteiger partial charge is 0.324 e. The molecule has 0 radical (unpaired) electrons. The number of carbonyl (C=O) groups excluding carboxylic acids is 1. The molecule has 0 aliphatic carbocycles. The fraction of sp³-hybridized carbons (Fsp3) is 0.917. The fourth-order valence-electron chi connectivity index (χ4n) is 2.62. The Morgan fingerprint density at radius 1 is 1.47 bits per heavy atom. The standard InChI is InChI=1S/C12H22N2O3S2/c1-2-19(16,17)11-9-18-7-6-14(11)12(15)10-4-3-5-13-8-10/h10-11,13H,2-9H2,1H3/t10-,11?/m1/s1. The second-order valence-electron chi connectivity index (χ2n) is 5.06. The van der Waals surface area contributed by atoms with Crippen molar-refractivity contribution in [1.82, 2.24) is 10.2 Å². The number of piperidine rings is 1. The number of hydrogen-bond donors (Lipinski definition) is 1. The summed E-state index contributed by atoms with van der Waals surface area (Å²) in [6.07, 6.45) is 1.86. The second kappa shape index (κ2) is 6.45. The summed E-state index contributed by atoms with van der Waals surface area (Å²) in [6.45, 7) is 3.85. The lowest BCUT2D eigenvalue weighted by atomic mass is 9.98. The molecule has 0 spiro atoms. The highest BCUT2D eigenvalue weighted by molar-refractivity contribution is 8.01. The highest BCUT2D eigenvalue weighted by atomic mass is 32.2. The van der Waals surface area contributed by atoms with Crippen molar-refractivity contribution in [3.8, 4) is 0 Å². The first-order valence-corrected chi connectivity index (χ1v) is 9.73. The summed E-state index contributed by atoms with van der Waals surface area (Å²) < 4.78 is 24.3.